The van der Waals surface area contributed by atoms with Crippen LogP contribution in [0.5, 0.6) is 5.75 Å². The summed E-state index contributed by atoms with van der Waals surface area (Å²) in [4.78, 5) is 12.6. The van der Waals surface area contributed by atoms with Crippen LogP contribution in [-0.4, -0.2) is 12.4 Å². The van der Waals surface area contributed by atoms with Crippen LogP contribution in [0.4, 0.5) is 23.7 Å². The maximum atomic E-state index is 12.0. The van der Waals surface area contributed by atoms with Gasteiger partial charge < -0.3 is 10.5 Å². The van der Waals surface area contributed by atoms with E-state index in [0.29, 0.717) is 10.6 Å². The molecule has 1 aromatic rings. The molecule has 1 radical (unpaired) electrons. The molecular formula is C9H6F3N2O2S. The third-order valence-electron chi connectivity index (χ3n) is 1.95. The summed E-state index contributed by atoms with van der Waals surface area (Å²) < 4.78 is 39.7. The molecule has 2 rings (SSSR count). The van der Waals surface area contributed by atoms with Crippen LogP contribution in [0.2, 0.25) is 0 Å². The van der Waals surface area contributed by atoms with Crippen molar-refractivity contribution in [2.45, 2.75) is 11.3 Å². The first-order valence-corrected chi connectivity index (χ1v) is 5.23. The number of thioether (sulfide) groups is 1. The van der Waals surface area contributed by atoms with E-state index in [9.17, 15) is 18.0 Å². The van der Waals surface area contributed by atoms with E-state index in [1.54, 1.807) is 0 Å². The lowest BCUT2D eigenvalue weighted by Gasteiger charge is -2.13. The van der Waals surface area contributed by atoms with Crippen molar-refractivity contribution in [1.82, 2.24) is 0 Å². The van der Waals surface area contributed by atoms with Gasteiger partial charge in [0.2, 0.25) is 0 Å². The number of nitrogens with two attached hydrogens (primary N) is 1. The number of alkyl halides is 3. The molecule has 0 saturated carbocycles. The zero-order chi connectivity index (χ0) is 12.6. The van der Waals surface area contributed by atoms with Gasteiger partial charge in [-0.2, -0.15) is 0 Å². The Morgan fingerprint density at radius 1 is 1.41 bits per heavy atom. The lowest BCUT2D eigenvalue weighted by molar-refractivity contribution is -0.274. The molecule has 2 N–H and O–H groups in total. The largest absolute Gasteiger partial charge is 0.573 e. The predicted octanol–water partition coefficient (Wildman–Crippen LogP) is 2.70. The molecule has 4 nitrogen and oxygen atoms in total. The SMILES string of the molecule is NC(=O)N1[CH]Sc2cc(OC(F)(F)F)ccc21. The summed E-state index contributed by atoms with van der Waals surface area (Å²) in [6, 6.07) is 2.98. The number of urea groups is 1. The van der Waals surface area contributed by atoms with Gasteiger partial charge in [0.25, 0.3) is 0 Å². The number of anilines is 1. The second kappa shape index (κ2) is 4.02. The van der Waals surface area contributed by atoms with Crippen molar-refractivity contribution in [1.29, 1.82) is 0 Å². The van der Waals surface area contributed by atoms with Gasteiger partial charge >= 0.3 is 12.4 Å². The summed E-state index contributed by atoms with van der Waals surface area (Å²) in [6.07, 6.45) is -4.73. The molecule has 0 saturated heterocycles. The zero-order valence-corrected chi connectivity index (χ0v) is 9.01. The highest BCUT2D eigenvalue weighted by atomic mass is 32.2. The number of benzene rings is 1. The van der Waals surface area contributed by atoms with E-state index >= 15 is 0 Å². The standard InChI is InChI=1S/C9H6F3N2O2S/c10-9(11,12)16-5-1-2-6-7(3-5)17-4-14(6)8(13)15/h1-4H,(H2,13,15). The van der Waals surface area contributed by atoms with Crippen molar-refractivity contribution in [3.63, 3.8) is 0 Å². The summed E-state index contributed by atoms with van der Waals surface area (Å²) in [6.45, 7) is 0. The van der Waals surface area contributed by atoms with E-state index in [0.717, 1.165) is 22.7 Å². The minimum atomic E-state index is -4.73. The first-order chi connectivity index (χ1) is 7.87. The van der Waals surface area contributed by atoms with Crippen LogP contribution >= 0.6 is 11.8 Å². The number of amides is 2. The first-order valence-electron chi connectivity index (χ1n) is 4.35. The molecule has 1 aliphatic rings. The fraction of sp³-hybridized carbons (Fsp3) is 0.111. The van der Waals surface area contributed by atoms with Crippen molar-refractivity contribution >= 4 is 23.5 Å². The molecule has 0 aliphatic carbocycles. The third-order valence-corrected chi connectivity index (χ3v) is 2.84. The summed E-state index contributed by atoms with van der Waals surface area (Å²) in [5, 5.41) is 0. The van der Waals surface area contributed by atoms with Gasteiger partial charge in [-0.3, -0.25) is 4.90 Å². The Morgan fingerprint density at radius 2 is 2.12 bits per heavy atom. The molecule has 1 aliphatic heterocycles. The zero-order valence-electron chi connectivity index (χ0n) is 8.19. The van der Waals surface area contributed by atoms with Crippen molar-refractivity contribution in [3.8, 4) is 5.75 Å². The number of rotatable bonds is 1. The Hall–Kier alpha value is -1.57. The van der Waals surface area contributed by atoms with Crippen LogP contribution in [0.1, 0.15) is 0 Å². The molecule has 0 unspecified atom stereocenters. The summed E-state index contributed by atoms with van der Waals surface area (Å²) in [5.41, 5.74) is 5.53. The van der Waals surface area contributed by atoms with Crippen LogP contribution in [0, 0.1) is 5.88 Å². The molecule has 0 aromatic heterocycles. The van der Waals surface area contributed by atoms with Crippen molar-refractivity contribution in [2.75, 3.05) is 4.90 Å². The normalized spacial score (nSPS) is 14.6. The number of primary amides is 1. The van der Waals surface area contributed by atoms with E-state index < -0.39 is 12.4 Å². The maximum absolute atomic E-state index is 12.0. The molecule has 8 heteroatoms. The molecule has 17 heavy (non-hydrogen) atoms. The number of halogens is 3. The molecule has 1 aromatic carbocycles. The van der Waals surface area contributed by atoms with Crippen LogP contribution in [0.3, 0.4) is 0 Å². The summed E-state index contributed by atoms with van der Waals surface area (Å²) in [5.74, 6) is 1.09. The molecule has 2 amide bonds. The second-order valence-electron chi connectivity index (χ2n) is 3.11. The quantitative estimate of drug-likeness (QED) is 0.847. The van der Waals surface area contributed by atoms with Gasteiger partial charge in [-0.15, -0.1) is 13.2 Å². The highest BCUT2D eigenvalue weighted by Crippen LogP contribution is 2.43. The Kier molecular flexibility index (Phi) is 2.82. The Morgan fingerprint density at radius 3 is 2.71 bits per heavy atom. The average Bonchev–Trinajstić information content (AvgIpc) is 2.57. The van der Waals surface area contributed by atoms with Crippen LogP contribution < -0.4 is 15.4 Å². The highest BCUT2D eigenvalue weighted by Gasteiger charge is 2.32. The van der Waals surface area contributed by atoms with Gasteiger partial charge in [0.1, 0.15) is 11.6 Å². The van der Waals surface area contributed by atoms with E-state index in [4.69, 9.17) is 5.73 Å². The molecule has 0 spiro atoms. The highest BCUT2D eigenvalue weighted by molar-refractivity contribution is 8.02. The lowest BCUT2D eigenvalue weighted by Crippen LogP contribution is -2.30. The van der Waals surface area contributed by atoms with Gasteiger partial charge in [0.15, 0.2) is 0 Å². The predicted molar refractivity (Wildman–Crippen MR) is 55.3 cm³/mol. The topological polar surface area (TPSA) is 55.6 Å². The minimum Gasteiger partial charge on any atom is -0.406 e. The molecule has 91 valence electrons. The molecule has 0 bridgehead atoms. The fourth-order valence-electron chi connectivity index (χ4n) is 1.32. The number of fused-ring (bicyclic) bond motifs is 1. The average molecular weight is 263 g/mol. The van der Waals surface area contributed by atoms with E-state index in [-0.39, 0.29) is 5.75 Å². The summed E-state index contributed by atoms with van der Waals surface area (Å²) >= 11 is 1.10. The Balaban J connectivity index is 2.25. The van der Waals surface area contributed by atoms with Crippen LogP contribution in [-0.2, 0) is 0 Å². The minimum absolute atomic E-state index is 0.330. The monoisotopic (exact) mass is 263 g/mol. The third kappa shape index (κ3) is 2.57. The molecule has 0 atom stereocenters. The Labute approximate surface area is 98.5 Å². The van der Waals surface area contributed by atoms with Gasteiger partial charge in [0.05, 0.1) is 5.69 Å². The second-order valence-corrected chi connectivity index (χ2v) is 4.00. The van der Waals surface area contributed by atoms with Gasteiger partial charge in [-0.05, 0) is 18.2 Å². The number of ether oxygens (including phenoxy) is 1. The van der Waals surface area contributed by atoms with Gasteiger partial charge in [0, 0.05) is 4.90 Å². The first kappa shape index (κ1) is 11.9. The maximum Gasteiger partial charge on any atom is 0.573 e. The lowest BCUT2D eigenvalue weighted by atomic mass is 10.3. The fourth-order valence-corrected chi connectivity index (χ4v) is 2.23. The van der Waals surface area contributed by atoms with Gasteiger partial charge in [-0.1, -0.05) is 11.8 Å². The number of hydrogen-bond acceptors (Lipinski definition) is 3. The van der Waals surface area contributed by atoms with E-state index in [2.05, 4.69) is 4.74 Å². The van der Waals surface area contributed by atoms with Gasteiger partial charge in [-0.25, -0.2) is 4.79 Å². The summed E-state index contributed by atoms with van der Waals surface area (Å²) in [7, 11) is 0. The number of carbonyl (C=O) groups is 1. The Bertz CT molecular complexity index is 464. The van der Waals surface area contributed by atoms with Crippen LogP contribution in [0.25, 0.3) is 0 Å². The molecule has 1 heterocycles. The van der Waals surface area contributed by atoms with Crippen molar-refractivity contribution < 1.29 is 22.7 Å². The smallest absolute Gasteiger partial charge is 0.406 e. The molecule has 0 fully saturated rings. The molecular weight excluding hydrogens is 257 g/mol. The number of nitrogens with zero attached hydrogens (tertiary/aromatic N) is 1. The number of hydrogen-bond donors (Lipinski definition) is 1. The van der Waals surface area contributed by atoms with Crippen molar-refractivity contribution in [2.24, 2.45) is 5.73 Å². The van der Waals surface area contributed by atoms with Crippen molar-refractivity contribution in [3.05, 3.63) is 24.1 Å². The number of carbonyl (C=O) groups excluding carboxylic acids is 1. The van der Waals surface area contributed by atoms with Crippen LogP contribution in [0.15, 0.2) is 23.1 Å². The van der Waals surface area contributed by atoms with E-state index in [1.807, 2.05) is 0 Å². The van der Waals surface area contributed by atoms with E-state index in [1.165, 1.54) is 18.0 Å².